The van der Waals surface area contributed by atoms with Crippen LogP contribution in [0, 0.1) is 0 Å². The third-order valence-corrected chi connectivity index (χ3v) is 0.445. The Morgan fingerprint density at radius 1 is 1.43 bits per heavy atom. The molecule has 0 heterocycles. The first kappa shape index (κ1) is 6.88. The van der Waals surface area contributed by atoms with Crippen LogP contribution in [0.25, 0.3) is 0 Å². The van der Waals surface area contributed by atoms with Gasteiger partial charge in [0.05, 0.1) is 21.1 Å². The highest BCUT2D eigenvalue weighted by Crippen LogP contribution is 1.87. The summed E-state index contributed by atoms with van der Waals surface area (Å²) in [7, 11) is 5.49. The maximum absolute atomic E-state index is 8.16. The molecule has 3 heteroatoms. The first-order chi connectivity index (χ1) is 3.06. The predicted molar refractivity (Wildman–Crippen MR) is 26.2 cm³/mol. The van der Waals surface area contributed by atoms with Gasteiger partial charge < -0.3 is 5.11 Å². The molecule has 0 radical (unpaired) electrons. The highest BCUT2D eigenvalue weighted by Gasteiger charge is 2.04. The minimum absolute atomic E-state index is 0.219. The van der Waals surface area contributed by atoms with Crippen LogP contribution < -0.4 is 0 Å². The van der Waals surface area contributed by atoms with Crippen molar-refractivity contribution in [2.24, 2.45) is 0 Å². The SMILES string of the molecule is C[N+](C)(C)OCO. The molecule has 0 bridgehead atoms. The molecule has 0 spiro atoms. The van der Waals surface area contributed by atoms with Gasteiger partial charge in [-0.3, -0.25) is 0 Å². The summed E-state index contributed by atoms with van der Waals surface area (Å²) >= 11 is 0. The average molecular weight is 106 g/mol. The van der Waals surface area contributed by atoms with Gasteiger partial charge in [-0.2, -0.15) is 9.48 Å². The molecule has 44 valence electrons. The van der Waals surface area contributed by atoms with E-state index in [1.165, 1.54) is 0 Å². The normalized spacial score (nSPS) is 12.0. The number of rotatable bonds is 2. The van der Waals surface area contributed by atoms with Crippen LogP contribution in [-0.2, 0) is 4.84 Å². The molecule has 0 aromatic heterocycles. The van der Waals surface area contributed by atoms with Crippen molar-refractivity contribution in [1.29, 1.82) is 0 Å². The van der Waals surface area contributed by atoms with Crippen molar-refractivity contribution >= 4 is 0 Å². The fourth-order valence-corrected chi connectivity index (χ4v) is 0.173. The third kappa shape index (κ3) is 5.88. The Labute approximate surface area is 43.7 Å². The first-order valence-corrected chi connectivity index (χ1v) is 2.13. The summed E-state index contributed by atoms with van der Waals surface area (Å²) in [6, 6.07) is 0. The van der Waals surface area contributed by atoms with Crippen LogP contribution in [0.2, 0.25) is 0 Å². The van der Waals surface area contributed by atoms with Crippen molar-refractivity contribution in [1.82, 2.24) is 0 Å². The minimum Gasteiger partial charge on any atom is -0.366 e. The molecule has 0 aliphatic heterocycles. The Morgan fingerprint density at radius 2 is 1.86 bits per heavy atom. The number of hydrogen-bond acceptors (Lipinski definition) is 2. The molecule has 0 saturated heterocycles. The number of aliphatic hydroxyl groups excluding tert-OH is 1. The lowest BCUT2D eigenvalue weighted by atomic mass is 10.9. The second-order valence-corrected chi connectivity index (χ2v) is 2.15. The Hall–Kier alpha value is -0.120. The Morgan fingerprint density at radius 3 is 1.86 bits per heavy atom. The summed E-state index contributed by atoms with van der Waals surface area (Å²) in [5.74, 6) is 0. The van der Waals surface area contributed by atoms with Crippen molar-refractivity contribution in [3.05, 3.63) is 0 Å². The van der Waals surface area contributed by atoms with Crippen LogP contribution in [0.1, 0.15) is 0 Å². The van der Waals surface area contributed by atoms with E-state index in [2.05, 4.69) is 0 Å². The zero-order valence-corrected chi connectivity index (χ0v) is 5.01. The van der Waals surface area contributed by atoms with Crippen LogP contribution in [0.4, 0.5) is 0 Å². The second-order valence-electron chi connectivity index (χ2n) is 2.15. The summed E-state index contributed by atoms with van der Waals surface area (Å²) in [6.45, 7) is -0.219. The molecule has 1 N–H and O–H groups in total. The largest absolute Gasteiger partial charge is 0.366 e. The van der Waals surface area contributed by atoms with Gasteiger partial charge in [-0.15, -0.1) is 0 Å². The van der Waals surface area contributed by atoms with E-state index < -0.39 is 0 Å². The van der Waals surface area contributed by atoms with Gasteiger partial charge in [0, 0.05) is 0 Å². The van der Waals surface area contributed by atoms with Crippen molar-refractivity contribution in [3.8, 4) is 0 Å². The molecule has 0 saturated carbocycles. The topological polar surface area (TPSA) is 29.5 Å². The lowest BCUT2D eigenvalue weighted by Crippen LogP contribution is -2.34. The molecule has 0 amide bonds. The van der Waals surface area contributed by atoms with Crippen LogP contribution in [0.5, 0.6) is 0 Å². The van der Waals surface area contributed by atoms with Crippen LogP contribution in [-0.4, -0.2) is 37.7 Å². The quantitative estimate of drug-likeness (QED) is 0.294. The molecule has 7 heavy (non-hydrogen) atoms. The molecule has 3 nitrogen and oxygen atoms in total. The van der Waals surface area contributed by atoms with Crippen LogP contribution >= 0.6 is 0 Å². The average Bonchev–Trinajstić information content (AvgIpc) is 1.30. The summed E-state index contributed by atoms with van der Waals surface area (Å²) < 4.78 is 0.344. The molecular weight excluding hydrogens is 94.0 g/mol. The molecular formula is C4H12NO2+. The molecule has 0 fully saturated rings. The van der Waals surface area contributed by atoms with Gasteiger partial charge in [-0.25, -0.2) is 0 Å². The van der Waals surface area contributed by atoms with Crippen molar-refractivity contribution in [2.45, 2.75) is 0 Å². The maximum Gasteiger partial charge on any atom is 0.202 e. The molecule has 0 aromatic rings. The summed E-state index contributed by atoms with van der Waals surface area (Å²) in [4.78, 5) is 4.72. The van der Waals surface area contributed by atoms with Crippen molar-refractivity contribution < 1.29 is 14.6 Å². The molecule has 0 unspecified atom stereocenters. The van der Waals surface area contributed by atoms with E-state index in [0.717, 1.165) is 0 Å². The lowest BCUT2D eigenvalue weighted by molar-refractivity contribution is -1.07. The van der Waals surface area contributed by atoms with Crippen LogP contribution in [0.3, 0.4) is 0 Å². The fourth-order valence-electron chi connectivity index (χ4n) is 0.173. The second kappa shape index (κ2) is 2.26. The van der Waals surface area contributed by atoms with E-state index in [1.54, 1.807) is 0 Å². The number of quaternary nitrogens is 1. The van der Waals surface area contributed by atoms with E-state index in [9.17, 15) is 0 Å². The van der Waals surface area contributed by atoms with Gasteiger partial charge in [-0.05, 0) is 0 Å². The molecule has 0 atom stereocenters. The first-order valence-electron chi connectivity index (χ1n) is 2.13. The highest BCUT2D eigenvalue weighted by molar-refractivity contribution is 3.82. The third-order valence-electron chi connectivity index (χ3n) is 0.445. The van der Waals surface area contributed by atoms with E-state index in [0.29, 0.717) is 4.65 Å². The van der Waals surface area contributed by atoms with Gasteiger partial charge in [0.2, 0.25) is 6.79 Å². The Balaban J connectivity index is 3.15. The summed E-state index contributed by atoms with van der Waals surface area (Å²) in [5.41, 5.74) is 0. The predicted octanol–water partition coefficient (Wildman–Crippen LogP) is -0.426. The van der Waals surface area contributed by atoms with Crippen molar-refractivity contribution in [3.63, 3.8) is 0 Å². The number of hydroxylamine groups is 3. The summed E-state index contributed by atoms with van der Waals surface area (Å²) in [5, 5.41) is 8.16. The Kier molecular flexibility index (Phi) is 2.22. The smallest absolute Gasteiger partial charge is 0.202 e. The molecule has 0 aliphatic carbocycles. The van der Waals surface area contributed by atoms with E-state index in [-0.39, 0.29) is 6.79 Å². The number of hydrogen-bond donors (Lipinski definition) is 1. The zero-order valence-electron chi connectivity index (χ0n) is 5.01. The van der Waals surface area contributed by atoms with Gasteiger partial charge >= 0.3 is 0 Å². The van der Waals surface area contributed by atoms with E-state index >= 15 is 0 Å². The van der Waals surface area contributed by atoms with Gasteiger partial charge in [0.15, 0.2) is 0 Å². The number of nitrogens with zero attached hydrogens (tertiary/aromatic N) is 1. The molecule has 0 aliphatic rings. The minimum atomic E-state index is -0.219. The van der Waals surface area contributed by atoms with E-state index in [4.69, 9.17) is 9.94 Å². The van der Waals surface area contributed by atoms with Crippen molar-refractivity contribution in [2.75, 3.05) is 27.9 Å². The molecule has 0 aromatic carbocycles. The highest BCUT2D eigenvalue weighted by atomic mass is 16.8. The monoisotopic (exact) mass is 106 g/mol. The van der Waals surface area contributed by atoms with Gasteiger partial charge in [0.1, 0.15) is 0 Å². The maximum atomic E-state index is 8.16. The lowest BCUT2D eigenvalue weighted by Gasteiger charge is -2.18. The van der Waals surface area contributed by atoms with Crippen LogP contribution in [0.15, 0.2) is 0 Å². The fraction of sp³-hybridized carbons (Fsp3) is 1.00. The zero-order chi connectivity index (χ0) is 5.91. The van der Waals surface area contributed by atoms with Gasteiger partial charge in [0.25, 0.3) is 0 Å². The van der Waals surface area contributed by atoms with Gasteiger partial charge in [-0.1, -0.05) is 0 Å². The van der Waals surface area contributed by atoms with E-state index in [1.807, 2.05) is 21.1 Å². The molecule has 0 rings (SSSR count). The number of aliphatic hydroxyl groups is 1. The standard InChI is InChI=1S/C4H12NO2/c1-5(2,3)7-4-6/h6H,4H2,1-3H3/q+1. The summed E-state index contributed by atoms with van der Waals surface area (Å²) in [6.07, 6.45) is 0. The Bertz CT molecular complexity index is 48.1.